The van der Waals surface area contributed by atoms with Crippen molar-refractivity contribution >= 4 is 27.7 Å². The van der Waals surface area contributed by atoms with Crippen LogP contribution in [0.15, 0.2) is 46.9 Å². The second-order valence-corrected chi connectivity index (χ2v) is 4.79. The highest BCUT2D eigenvalue weighted by Gasteiger charge is 2.18. The number of aromatic carboxylic acids is 1. The Morgan fingerprint density at radius 1 is 0.947 bits per heavy atom. The summed E-state index contributed by atoms with van der Waals surface area (Å²) >= 11 is 3.17. The Hall–Kier alpha value is -2.14. The third-order valence-corrected chi connectivity index (χ3v) is 3.08. The predicted octanol–water partition coefficient (Wildman–Crippen LogP) is 3.08. The molecule has 0 aliphatic heterocycles. The van der Waals surface area contributed by atoms with Crippen molar-refractivity contribution in [2.45, 2.75) is 0 Å². The summed E-state index contributed by atoms with van der Waals surface area (Å²) in [6.45, 7) is 0. The van der Waals surface area contributed by atoms with Gasteiger partial charge in [0.2, 0.25) is 0 Å². The second kappa shape index (κ2) is 5.24. The van der Waals surface area contributed by atoms with E-state index in [-0.39, 0.29) is 16.9 Å². The highest BCUT2D eigenvalue weighted by Crippen LogP contribution is 2.21. The Balaban J connectivity index is 2.49. The Labute approximate surface area is 117 Å². The lowest BCUT2D eigenvalue weighted by molar-refractivity contribution is 0.0692. The van der Waals surface area contributed by atoms with Gasteiger partial charge in [0.25, 0.3) is 0 Å². The molecule has 0 aliphatic rings. The van der Waals surface area contributed by atoms with Crippen LogP contribution in [0.3, 0.4) is 0 Å². The zero-order valence-electron chi connectivity index (χ0n) is 9.63. The van der Waals surface area contributed by atoms with Gasteiger partial charge in [-0.25, -0.2) is 4.79 Å². The quantitative estimate of drug-likeness (QED) is 0.852. The molecule has 0 fully saturated rings. The smallest absolute Gasteiger partial charge is 0.336 e. The summed E-state index contributed by atoms with van der Waals surface area (Å²) in [6, 6.07) is 10.1. The second-order valence-electron chi connectivity index (χ2n) is 3.87. The first kappa shape index (κ1) is 13.3. The van der Waals surface area contributed by atoms with Crippen molar-refractivity contribution in [3.8, 4) is 5.75 Å². The van der Waals surface area contributed by atoms with E-state index >= 15 is 0 Å². The van der Waals surface area contributed by atoms with Crippen LogP contribution in [0.5, 0.6) is 5.75 Å². The van der Waals surface area contributed by atoms with Crippen molar-refractivity contribution in [3.05, 3.63) is 63.6 Å². The van der Waals surface area contributed by atoms with Gasteiger partial charge in [-0.2, -0.15) is 0 Å². The molecular formula is C14H9BrO4. The maximum Gasteiger partial charge on any atom is 0.336 e. The number of halogens is 1. The first-order valence-corrected chi connectivity index (χ1v) is 6.15. The Morgan fingerprint density at radius 3 is 2.16 bits per heavy atom. The number of carboxylic acid groups (broad SMARTS) is 1. The Kier molecular flexibility index (Phi) is 3.66. The topological polar surface area (TPSA) is 74.6 Å². The number of phenols is 1. The highest BCUT2D eigenvalue weighted by atomic mass is 79.9. The molecule has 0 amide bonds. The van der Waals surface area contributed by atoms with Crippen LogP contribution in [-0.2, 0) is 0 Å². The molecule has 0 saturated carbocycles. The Bertz CT molecular complexity index is 647. The average Bonchev–Trinajstić information content (AvgIpc) is 2.38. The number of carbonyl (C=O) groups is 2. The van der Waals surface area contributed by atoms with E-state index in [2.05, 4.69) is 15.9 Å². The monoisotopic (exact) mass is 320 g/mol. The Morgan fingerprint density at radius 2 is 1.58 bits per heavy atom. The molecule has 2 aromatic rings. The molecule has 0 unspecified atom stereocenters. The van der Waals surface area contributed by atoms with Crippen LogP contribution in [0.2, 0.25) is 0 Å². The van der Waals surface area contributed by atoms with E-state index in [0.717, 1.165) is 0 Å². The molecule has 0 spiro atoms. The maximum atomic E-state index is 12.2. The molecule has 0 bridgehead atoms. The van der Waals surface area contributed by atoms with E-state index < -0.39 is 11.8 Å². The molecule has 0 aliphatic carbocycles. The number of hydrogen-bond acceptors (Lipinski definition) is 3. The summed E-state index contributed by atoms with van der Waals surface area (Å²) < 4.78 is 0.590. The molecule has 0 atom stereocenters. The number of carbonyl (C=O) groups excluding carboxylic acids is 1. The van der Waals surface area contributed by atoms with Crippen molar-refractivity contribution < 1.29 is 19.8 Å². The fourth-order valence-corrected chi connectivity index (χ4v) is 2.02. The van der Waals surface area contributed by atoms with Gasteiger partial charge < -0.3 is 10.2 Å². The van der Waals surface area contributed by atoms with Crippen molar-refractivity contribution in [2.24, 2.45) is 0 Å². The van der Waals surface area contributed by atoms with Crippen molar-refractivity contribution in [1.82, 2.24) is 0 Å². The molecule has 2 aromatic carbocycles. The van der Waals surface area contributed by atoms with Gasteiger partial charge in [0.15, 0.2) is 5.78 Å². The number of ketones is 1. The van der Waals surface area contributed by atoms with E-state index in [0.29, 0.717) is 10.0 Å². The zero-order chi connectivity index (χ0) is 14.0. The zero-order valence-corrected chi connectivity index (χ0v) is 11.2. The predicted molar refractivity (Wildman–Crippen MR) is 72.6 cm³/mol. The summed E-state index contributed by atoms with van der Waals surface area (Å²) in [4.78, 5) is 23.4. The summed E-state index contributed by atoms with van der Waals surface area (Å²) in [5.41, 5.74) is 0.372. The van der Waals surface area contributed by atoms with Crippen LogP contribution in [0.25, 0.3) is 0 Å². The van der Waals surface area contributed by atoms with Crippen molar-refractivity contribution in [1.29, 1.82) is 0 Å². The number of benzene rings is 2. The molecule has 0 heterocycles. The summed E-state index contributed by atoms with van der Waals surface area (Å²) in [7, 11) is 0. The van der Waals surface area contributed by atoms with E-state index in [4.69, 9.17) is 5.11 Å². The molecule has 0 saturated heterocycles. The van der Waals surface area contributed by atoms with Gasteiger partial charge in [-0.15, -0.1) is 0 Å². The number of rotatable bonds is 3. The third-order valence-electron chi connectivity index (χ3n) is 2.59. The molecule has 2 rings (SSSR count). The van der Waals surface area contributed by atoms with Gasteiger partial charge in [-0.3, -0.25) is 4.79 Å². The van der Waals surface area contributed by atoms with Crippen LogP contribution in [0.4, 0.5) is 0 Å². The van der Waals surface area contributed by atoms with E-state index in [1.54, 1.807) is 6.07 Å². The minimum absolute atomic E-state index is 0.0471. The molecule has 2 N–H and O–H groups in total. The van der Waals surface area contributed by atoms with Gasteiger partial charge >= 0.3 is 5.97 Å². The fraction of sp³-hybridized carbons (Fsp3) is 0. The van der Waals surface area contributed by atoms with Crippen LogP contribution in [-0.4, -0.2) is 22.0 Å². The molecular weight excluding hydrogens is 312 g/mol. The maximum absolute atomic E-state index is 12.2. The summed E-state index contributed by atoms with van der Waals surface area (Å²) in [5.74, 6) is -1.51. The van der Waals surface area contributed by atoms with Gasteiger partial charge in [0, 0.05) is 15.6 Å². The van der Waals surface area contributed by atoms with Crippen molar-refractivity contribution in [3.63, 3.8) is 0 Å². The lowest BCUT2D eigenvalue weighted by Crippen LogP contribution is -2.09. The van der Waals surface area contributed by atoms with Crippen LogP contribution < -0.4 is 0 Å². The number of carboxylic acids is 1. The van der Waals surface area contributed by atoms with Gasteiger partial charge in [-0.05, 0) is 42.5 Å². The number of hydrogen-bond donors (Lipinski definition) is 2. The largest absolute Gasteiger partial charge is 0.508 e. The minimum Gasteiger partial charge on any atom is -0.508 e. The lowest BCUT2D eigenvalue weighted by Gasteiger charge is -2.06. The third kappa shape index (κ3) is 2.82. The fourth-order valence-electron chi connectivity index (χ4n) is 1.66. The molecule has 0 aromatic heterocycles. The first-order valence-electron chi connectivity index (χ1n) is 5.35. The first-order chi connectivity index (χ1) is 8.99. The lowest BCUT2D eigenvalue weighted by atomic mass is 9.98. The van der Waals surface area contributed by atoms with Gasteiger partial charge in [0.1, 0.15) is 5.75 Å². The van der Waals surface area contributed by atoms with Crippen LogP contribution >= 0.6 is 15.9 Å². The van der Waals surface area contributed by atoms with Crippen molar-refractivity contribution in [2.75, 3.05) is 0 Å². The SMILES string of the molecule is O=C(O)c1cc(Br)ccc1C(=O)c1ccc(O)cc1. The molecule has 5 heteroatoms. The summed E-state index contributed by atoms with van der Waals surface area (Å²) in [6.07, 6.45) is 0. The molecule has 96 valence electrons. The standard InChI is InChI=1S/C14H9BrO4/c15-9-3-6-11(12(7-9)14(18)19)13(17)8-1-4-10(16)5-2-8/h1-7,16H,(H,18,19). The summed E-state index contributed by atoms with van der Waals surface area (Å²) in [5, 5.41) is 18.3. The van der Waals surface area contributed by atoms with Gasteiger partial charge in [-0.1, -0.05) is 15.9 Å². The highest BCUT2D eigenvalue weighted by molar-refractivity contribution is 9.10. The number of aromatic hydroxyl groups is 1. The molecule has 4 nitrogen and oxygen atoms in total. The molecule has 0 radical (unpaired) electrons. The number of phenolic OH excluding ortho intramolecular Hbond substituents is 1. The minimum atomic E-state index is -1.16. The van der Waals surface area contributed by atoms with E-state index in [9.17, 15) is 14.7 Å². The average molecular weight is 321 g/mol. The van der Waals surface area contributed by atoms with E-state index in [1.807, 2.05) is 0 Å². The molecule has 19 heavy (non-hydrogen) atoms. The van der Waals surface area contributed by atoms with Crippen LogP contribution in [0.1, 0.15) is 26.3 Å². The van der Waals surface area contributed by atoms with Crippen LogP contribution in [0, 0.1) is 0 Å². The van der Waals surface area contributed by atoms with Gasteiger partial charge in [0.05, 0.1) is 5.56 Å². The van der Waals surface area contributed by atoms with E-state index in [1.165, 1.54) is 36.4 Å². The normalized spacial score (nSPS) is 10.2.